The summed E-state index contributed by atoms with van der Waals surface area (Å²) < 4.78 is 1.41. The van der Waals surface area contributed by atoms with Crippen LogP contribution in [0.1, 0.15) is 54.4 Å². The van der Waals surface area contributed by atoms with E-state index in [4.69, 9.17) is 0 Å². The van der Waals surface area contributed by atoms with Crippen LogP contribution in [-0.4, -0.2) is 17.6 Å². The highest BCUT2D eigenvalue weighted by Crippen LogP contribution is 2.27. The zero-order chi connectivity index (χ0) is 18.8. The molecule has 3 nitrogen and oxygen atoms in total. The van der Waals surface area contributed by atoms with Crippen LogP contribution >= 0.6 is 45.2 Å². The van der Waals surface area contributed by atoms with Crippen LogP contribution in [0.4, 0.5) is 0 Å². The Labute approximate surface area is 183 Å². The van der Waals surface area contributed by atoms with Gasteiger partial charge in [0.25, 0.3) is 5.91 Å². The molecule has 0 saturated carbocycles. The van der Waals surface area contributed by atoms with E-state index in [0.717, 1.165) is 12.8 Å². The predicted octanol–water partition coefficient (Wildman–Crippen LogP) is 5.91. The zero-order valence-electron chi connectivity index (χ0n) is 14.8. The third-order valence-electron chi connectivity index (χ3n) is 4.30. The average molecular weight is 577 g/mol. The third-order valence-corrected chi connectivity index (χ3v) is 5.94. The SMILES string of the molecule is O=C(NCCCCCCCCc1ccccc1)c1cc(I)c(O)c(I)c1. The van der Waals surface area contributed by atoms with Crippen LogP contribution < -0.4 is 5.32 Å². The van der Waals surface area contributed by atoms with Crippen LogP contribution in [0.5, 0.6) is 5.75 Å². The minimum atomic E-state index is -0.0660. The van der Waals surface area contributed by atoms with Crippen LogP contribution in [-0.2, 0) is 6.42 Å². The largest absolute Gasteiger partial charge is 0.506 e. The van der Waals surface area contributed by atoms with Gasteiger partial charge in [-0.2, -0.15) is 0 Å². The van der Waals surface area contributed by atoms with Gasteiger partial charge in [-0.3, -0.25) is 4.79 Å². The first-order chi connectivity index (χ1) is 12.6. The highest BCUT2D eigenvalue weighted by molar-refractivity contribution is 14.1. The van der Waals surface area contributed by atoms with Gasteiger partial charge in [0.1, 0.15) is 5.75 Å². The van der Waals surface area contributed by atoms with Gasteiger partial charge in [-0.15, -0.1) is 0 Å². The fraction of sp³-hybridized carbons (Fsp3) is 0.381. The van der Waals surface area contributed by atoms with Crippen molar-refractivity contribution in [3.63, 3.8) is 0 Å². The summed E-state index contributed by atoms with van der Waals surface area (Å²) in [5.74, 6) is 0.179. The summed E-state index contributed by atoms with van der Waals surface area (Å²) in [5, 5.41) is 12.7. The van der Waals surface area contributed by atoms with Gasteiger partial charge >= 0.3 is 0 Å². The first kappa shape index (κ1) is 21.5. The van der Waals surface area contributed by atoms with Crippen molar-refractivity contribution in [3.8, 4) is 5.75 Å². The highest BCUT2D eigenvalue weighted by Gasteiger charge is 2.11. The third kappa shape index (κ3) is 7.42. The smallest absolute Gasteiger partial charge is 0.251 e. The summed E-state index contributed by atoms with van der Waals surface area (Å²) in [5.41, 5.74) is 2.03. The van der Waals surface area contributed by atoms with Crippen LogP contribution in [0.25, 0.3) is 0 Å². The van der Waals surface area contributed by atoms with Crippen LogP contribution in [0.2, 0.25) is 0 Å². The fourth-order valence-electron chi connectivity index (χ4n) is 2.81. The number of benzene rings is 2. The molecule has 5 heteroatoms. The highest BCUT2D eigenvalue weighted by atomic mass is 127. The molecule has 140 valence electrons. The van der Waals surface area contributed by atoms with Gasteiger partial charge in [0, 0.05) is 12.1 Å². The van der Waals surface area contributed by atoms with E-state index in [2.05, 4.69) is 35.6 Å². The van der Waals surface area contributed by atoms with Crippen molar-refractivity contribution < 1.29 is 9.90 Å². The number of amides is 1. The lowest BCUT2D eigenvalue weighted by Crippen LogP contribution is -2.24. The second-order valence-corrected chi connectivity index (χ2v) is 8.73. The van der Waals surface area contributed by atoms with Crippen molar-refractivity contribution in [1.29, 1.82) is 0 Å². The molecule has 2 rings (SSSR count). The van der Waals surface area contributed by atoms with Gasteiger partial charge in [0.05, 0.1) is 7.14 Å². The lowest BCUT2D eigenvalue weighted by Gasteiger charge is -2.08. The van der Waals surface area contributed by atoms with E-state index >= 15 is 0 Å². The molecule has 0 unspecified atom stereocenters. The molecule has 0 fully saturated rings. The molecular formula is C21H25I2NO2. The summed E-state index contributed by atoms with van der Waals surface area (Å²) in [6.07, 6.45) is 8.33. The lowest BCUT2D eigenvalue weighted by atomic mass is 10.0. The number of hydrogen-bond acceptors (Lipinski definition) is 2. The molecule has 26 heavy (non-hydrogen) atoms. The van der Waals surface area contributed by atoms with E-state index in [1.165, 1.54) is 37.7 Å². The summed E-state index contributed by atoms with van der Waals surface area (Å²) >= 11 is 4.09. The first-order valence-electron chi connectivity index (χ1n) is 9.08. The molecule has 0 aliphatic carbocycles. The molecule has 0 heterocycles. The molecular weight excluding hydrogens is 552 g/mol. The van der Waals surface area contributed by atoms with Crippen molar-refractivity contribution in [2.75, 3.05) is 6.54 Å². The number of aryl methyl sites for hydroxylation is 1. The maximum atomic E-state index is 12.2. The predicted molar refractivity (Wildman–Crippen MR) is 124 cm³/mol. The molecule has 0 spiro atoms. The number of rotatable bonds is 10. The number of carbonyl (C=O) groups excluding carboxylic acids is 1. The Kier molecular flexibility index (Phi) is 9.74. The molecule has 2 N–H and O–H groups in total. The van der Waals surface area contributed by atoms with Crippen LogP contribution in [0.15, 0.2) is 42.5 Å². The van der Waals surface area contributed by atoms with Crippen LogP contribution in [0, 0.1) is 7.14 Å². The Morgan fingerprint density at radius 1 is 0.885 bits per heavy atom. The minimum Gasteiger partial charge on any atom is -0.506 e. The molecule has 0 atom stereocenters. The molecule has 0 aliphatic heterocycles. The molecule has 0 bridgehead atoms. The molecule has 2 aromatic carbocycles. The molecule has 0 aromatic heterocycles. The standard InChI is InChI=1S/C21H25I2NO2/c22-18-14-17(15-19(23)20(18)25)21(26)24-13-9-4-2-1-3-6-10-16-11-7-5-8-12-16/h5,7-8,11-12,14-15,25H,1-4,6,9-10,13H2,(H,24,26). The quantitative estimate of drug-likeness (QED) is 0.273. The van der Waals surface area contributed by atoms with E-state index in [0.29, 0.717) is 19.2 Å². The maximum Gasteiger partial charge on any atom is 0.251 e. The molecule has 2 aromatic rings. The first-order valence-corrected chi connectivity index (χ1v) is 11.2. The molecule has 0 saturated heterocycles. The normalized spacial score (nSPS) is 10.7. The van der Waals surface area contributed by atoms with Crippen LogP contribution in [0.3, 0.4) is 0 Å². The summed E-state index contributed by atoms with van der Waals surface area (Å²) in [4.78, 5) is 12.2. The van der Waals surface area contributed by atoms with E-state index in [1.807, 2.05) is 45.2 Å². The van der Waals surface area contributed by atoms with Gasteiger partial charge in [-0.25, -0.2) is 0 Å². The van der Waals surface area contributed by atoms with Crippen molar-refractivity contribution in [1.82, 2.24) is 5.32 Å². The van der Waals surface area contributed by atoms with Gasteiger partial charge in [0.2, 0.25) is 0 Å². The van der Waals surface area contributed by atoms with Gasteiger partial charge < -0.3 is 10.4 Å². The van der Waals surface area contributed by atoms with Gasteiger partial charge in [0.15, 0.2) is 0 Å². The minimum absolute atomic E-state index is 0.0660. The summed E-state index contributed by atoms with van der Waals surface area (Å²) in [7, 11) is 0. The fourth-order valence-corrected chi connectivity index (χ4v) is 4.57. The number of nitrogens with one attached hydrogen (secondary N) is 1. The number of hydrogen-bond donors (Lipinski definition) is 2. The van der Waals surface area contributed by atoms with E-state index in [-0.39, 0.29) is 11.7 Å². The summed E-state index contributed by atoms with van der Waals surface area (Å²) in [6, 6.07) is 14.1. The number of phenols is 1. The van der Waals surface area contributed by atoms with Crippen molar-refractivity contribution >= 4 is 51.1 Å². The topological polar surface area (TPSA) is 49.3 Å². The van der Waals surface area contributed by atoms with E-state index in [1.54, 1.807) is 12.1 Å². The lowest BCUT2D eigenvalue weighted by molar-refractivity contribution is 0.0952. The number of carbonyl (C=O) groups is 1. The maximum absolute atomic E-state index is 12.2. The number of halogens is 2. The Hall–Kier alpha value is -0.830. The van der Waals surface area contributed by atoms with Crippen molar-refractivity contribution in [2.45, 2.75) is 44.9 Å². The van der Waals surface area contributed by atoms with Gasteiger partial charge in [-0.05, 0) is 82.1 Å². The summed E-state index contributed by atoms with van der Waals surface area (Å²) in [6.45, 7) is 0.705. The zero-order valence-corrected chi connectivity index (χ0v) is 19.1. The molecule has 0 aliphatic rings. The second-order valence-electron chi connectivity index (χ2n) is 6.40. The molecule has 0 radical (unpaired) electrons. The average Bonchev–Trinajstić information content (AvgIpc) is 2.65. The second kappa shape index (κ2) is 11.8. The van der Waals surface area contributed by atoms with E-state index < -0.39 is 0 Å². The Morgan fingerprint density at radius 3 is 2.12 bits per heavy atom. The Balaban J connectivity index is 1.53. The Morgan fingerprint density at radius 2 is 1.46 bits per heavy atom. The molecule has 1 amide bonds. The van der Waals surface area contributed by atoms with E-state index in [9.17, 15) is 9.90 Å². The number of phenolic OH excluding ortho intramolecular Hbond substituents is 1. The number of aromatic hydroxyl groups is 1. The van der Waals surface area contributed by atoms with Crippen molar-refractivity contribution in [2.24, 2.45) is 0 Å². The van der Waals surface area contributed by atoms with Gasteiger partial charge in [-0.1, -0.05) is 56.0 Å². The number of unbranched alkanes of at least 4 members (excludes halogenated alkanes) is 5. The van der Waals surface area contributed by atoms with Crippen molar-refractivity contribution in [3.05, 3.63) is 60.7 Å². The Bertz CT molecular complexity index is 681. The monoisotopic (exact) mass is 577 g/mol.